The Morgan fingerprint density at radius 3 is 1.51 bits per heavy atom. The van der Waals surface area contributed by atoms with Crippen molar-refractivity contribution >= 4 is 29.3 Å². The van der Waals surface area contributed by atoms with Gasteiger partial charge in [0.15, 0.2) is 0 Å². The minimum atomic E-state index is -0.536. The van der Waals surface area contributed by atoms with E-state index in [1.165, 1.54) is 0 Å². The van der Waals surface area contributed by atoms with Crippen LogP contribution in [0.3, 0.4) is 0 Å². The fourth-order valence-corrected chi connectivity index (χ4v) is 10.0. The first-order chi connectivity index (χ1) is 38.8. The average molecular weight is 1080 g/mol. The fourth-order valence-electron chi connectivity index (χ4n) is 10.0. The van der Waals surface area contributed by atoms with Crippen LogP contribution in [-0.4, -0.2) is 77.3 Å². The van der Waals surface area contributed by atoms with Crippen LogP contribution in [0.2, 0.25) is 0 Å². The van der Waals surface area contributed by atoms with Gasteiger partial charge in [-0.1, -0.05) is 109 Å². The zero-order valence-corrected chi connectivity index (χ0v) is 45.1. The second-order valence-corrected chi connectivity index (χ2v) is 20.3. The molecule has 8 aromatic rings. The highest BCUT2D eigenvalue weighted by Crippen LogP contribution is 2.40. The third-order valence-corrected chi connectivity index (χ3v) is 13.8. The number of benzene rings is 6. The van der Waals surface area contributed by atoms with Crippen LogP contribution in [0, 0.1) is 0 Å². The van der Waals surface area contributed by atoms with Gasteiger partial charge in [0.1, 0.15) is 34.8 Å². The van der Waals surface area contributed by atoms with Crippen LogP contribution in [0.4, 0.5) is 16.2 Å². The van der Waals surface area contributed by atoms with Crippen LogP contribution in [0.15, 0.2) is 192 Å². The van der Waals surface area contributed by atoms with Gasteiger partial charge >= 0.3 is 6.09 Å². The molecule has 0 aliphatic heterocycles. The predicted molar refractivity (Wildman–Crippen MR) is 310 cm³/mol. The Balaban J connectivity index is 0.000000209. The Morgan fingerprint density at radius 1 is 0.525 bits per heavy atom. The van der Waals surface area contributed by atoms with Gasteiger partial charge in [0.2, 0.25) is 0 Å². The first-order valence-electron chi connectivity index (χ1n) is 26.8. The molecule has 80 heavy (non-hydrogen) atoms. The number of aromatic hydroxyl groups is 1. The Labute approximate surface area is 464 Å². The van der Waals surface area contributed by atoms with Crippen molar-refractivity contribution in [2.24, 2.45) is 0 Å². The van der Waals surface area contributed by atoms with Gasteiger partial charge in [-0.2, -0.15) is 0 Å². The summed E-state index contributed by atoms with van der Waals surface area (Å²) in [6.07, 6.45) is 5.85. The standard InChI is InChI=1S/C38H43N3O7.C27H22N2O3/c1-38(2,3)48-37(44)39-20-22-45-23-24-46-25-26-47-34-13-7-11-30-31(34)18-19-33(30)41-21-8-12-32(36(41)43)35(42)40-29-16-14-28(15-17-29)27-9-5-4-6-10-27;30-25-10-4-8-21-22(25)15-16-24(21)29-17-5-9-23(27(29)32)26(31)28-20-13-11-19(12-14-20)18-6-2-1-3-7-18/h4-17,21,33H,18-20,22-26H2,1-3H3,(H,39,44)(H,40,42);1-14,17,24,30H,15-16H2,(H,28,31). The highest BCUT2D eigenvalue weighted by molar-refractivity contribution is 6.04. The molecule has 6 aromatic carbocycles. The number of hydrogen-bond acceptors (Lipinski definition) is 10. The maximum absolute atomic E-state index is 13.6. The lowest BCUT2D eigenvalue weighted by Gasteiger charge is -2.19. The fraction of sp³-hybridized carbons (Fsp3) is 0.246. The highest BCUT2D eigenvalue weighted by atomic mass is 16.6. The lowest BCUT2D eigenvalue weighted by molar-refractivity contribution is 0.0327. The van der Waals surface area contributed by atoms with Crippen molar-refractivity contribution in [1.29, 1.82) is 0 Å². The summed E-state index contributed by atoms with van der Waals surface area (Å²) in [4.78, 5) is 64.5. The molecule has 3 amide bonds. The van der Waals surface area contributed by atoms with Crippen LogP contribution in [0.25, 0.3) is 22.3 Å². The Hall–Kier alpha value is -9.05. The number of phenols is 1. The van der Waals surface area contributed by atoms with E-state index < -0.39 is 23.5 Å². The summed E-state index contributed by atoms with van der Waals surface area (Å²) >= 11 is 0. The maximum Gasteiger partial charge on any atom is 0.407 e. The van der Waals surface area contributed by atoms with Gasteiger partial charge in [-0.15, -0.1) is 0 Å². The van der Waals surface area contributed by atoms with Crippen LogP contribution in [-0.2, 0) is 27.1 Å². The number of nitrogens with zero attached hydrogens (tertiary/aromatic N) is 2. The van der Waals surface area contributed by atoms with Gasteiger partial charge in [-0.05, 0) is 152 Å². The molecule has 2 aromatic heterocycles. The molecule has 0 radical (unpaired) electrons. The van der Waals surface area contributed by atoms with Gasteiger partial charge in [-0.25, -0.2) is 4.79 Å². The van der Waals surface area contributed by atoms with Crippen LogP contribution < -0.4 is 31.8 Å². The number of anilines is 2. The van der Waals surface area contributed by atoms with Crippen molar-refractivity contribution < 1.29 is 38.4 Å². The molecule has 4 N–H and O–H groups in total. The summed E-state index contributed by atoms with van der Waals surface area (Å²) in [6, 6.07) is 52.5. The van der Waals surface area contributed by atoms with Gasteiger partial charge in [0.05, 0.1) is 38.5 Å². The monoisotopic (exact) mass is 1080 g/mol. The summed E-state index contributed by atoms with van der Waals surface area (Å²) < 4.78 is 25.6. The number of pyridine rings is 2. The second kappa shape index (κ2) is 26.1. The number of phenolic OH excluding ortho intramolecular Hbond substituents is 1. The summed E-state index contributed by atoms with van der Waals surface area (Å²) in [5.74, 6) is 0.140. The molecular weight excluding hydrogens is 1010 g/mol. The van der Waals surface area contributed by atoms with E-state index in [1.54, 1.807) is 57.9 Å². The van der Waals surface area contributed by atoms with Crippen molar-refractivity contribution in [2.75, 3.05) is 50.2 Å². The lowest BCUT2D eigenvalue weighted by Crippen LogP contribution is -2.34. The lowest BCUT2D eigenvalue weighted by atomic mass is 10.1. The Kier molecular flexibility index (Phi) is 18.1. The molecule has 2 unspecified atom stereocenters. The van der Waals surface area contributed by atoms with E-state index >= 15 is 0 Å². The van der Waals surface area contributed by atoms with E-state index in [1.807, 2.05) is 154 Å². The number of ether oxygens (including phenoxy) is 4. The van der Waals surface area contributed by atoms with E-state index in [4.69, 9.17) is 18.9 Å². The largest absolute Gasteiger partial charge is 0.508 e. The number of alkyl carbamates (subject to hydrolysis) is 1. The smallest absolute Gasteiger partial charge is 0.407 e. The molecule has 2 aliphatic carbocycles. The molecule has 2 atom stereocenters. The third kappa shape index (κ3) is 14.0. The van der Waals surface area contributed by atoms with Gasteiger partial charge in [-0.3, -0.25) is 19.2 Å². The van der Waals surface area contributed by atoms with Crippen LogP contribution in [0.1, 0.15) is 88.7 Å². The number of aromatic nitrogens is 2. The number of nitrogens with one attached hydrogen (secondary N) is 3. The third-order valence-electron chi connectivity index (χ3n) is 13.8. The van der Waals surface area contributed by atoms with E-state index in [2.05, 4.69) is 16.0 Å². The van der Waals surface area contributed by atoms with Crippen molar-refractivity contribution in [3.8, 4) is 33.8 Å². The van der Waals surface area contributed by atoms with Crippen molar-refractivity contribution in [3.05, 3.63) is 236 Å². The minimum absolute atomic E-state index is 0.0888. The van der Waals surface area contributed by atoms with E-state index in [9.17, 15) is 29.1 Å². The first kappa shape index (κ1) is 55.7. The molecule has 15 nitrogen and oxygen atoms in total. The van der Waals surface area contributed by atoms with Crippen molar-refractivity contribution in [2.45, 2.75) is 64.1 Å². The molecule has 2 aliphatic rings. The molecule has 0 bridgehead atoms. The zero-order valence-electron chi connectivity index (χ0n) is 45.1. The van der Waals surface area contributed by atoms with E-state index in [0.717, 1.165) is 63.1 Å². The number of carbonyl (C=O) groups excluding carboxylic acids is 3. The molecule has 410 valence electrons. The van der Waals surface area contributed by atoms with Gasteiger partial charge < -0.3 is 49.1 Å². The number of hydrogen-bond donors (Lipinski definition) is 4. The summed E-state index contributed by atoms with van der Waals surface area (Å²) in [5.41, 5.74) is 8.36. The average Bonchev–Trinajstić information content (AvgIpc) is 4.13. The summed E-state index contributed by atoms with van der Waals surface area (Å²) in [6.45, 7) is 7.69. The normalized spacial score (nSPS) is 14.2. The van der Waals surface area contributed by atoms with Crippen LogP contribution >= 0.6 is 0 Å². The number of carbonyl (C=O) groups is 3. The topological polar surface area (TPSA) is 188 Å². The molecule has 0 spiro atoms. The Bertz CT molecular complexity index is 3540. The second-order valence-electron chi connectivity index (χ2n) is 20.3. The molecule has 0 saturated carbocycles. The Morgan fingerprint density at radius 2 is 0.988 bits per heavy atom. The quantitative estimate of drug-likeness (QED) is 0.0602. The van der Waals surface area contributed by atoms with Crippen LogP contribution in [0.5, 0.6) is 11.5 Å². The molecule has 2 heterocycles. The SMILES string of the molecule is CC(C)(C)OC(=O)NCCOCCOCCOc1cccc2c1CCC2n1cccc(C(=O)Nc2ccc(-c3ccccc3)cc2)c1=O.O=C(Nc1ccc(-c2ccccc2)cc1)c1cccn(C2CCc3c(O)cccc32)c1=O. The molecule has 0 saturated heterocycles. The van der Waals surface area contributed by atoms with Gasteiger partial charge in [0.25, 0.3) is 22.9 Å². The maximum atomic E-state index is 13.6. The predicted octanol–water partition coefficient (Wildman–Crippen LogP) is 11.2. The molecule has 0 fully saturated rings. The van der Waals surface area contributed by atoms with Crippen molar-refractivity contribution in [1.82, 2.24) is 14.5 Å². The molecular formula is C65H65N5O10. The van der Waals surface area contributed by atoms with Crippen molar-refractivity contribution in [3.63, 3.8) is 0 Å². The number of fused-ring (bicyclic) bond motifs is 2. The molecule has 15 heteroatoms. The molecule has 10 rings (SSSR count). The summed E-state index contributed by atoms with van der Waals surface area (Å²) in [7, 11) is 0. The van der Waals surface area contributed by atoms with Gasteiger partial charge in [0, 0.05) is 30.3 Å². The highest BCUT2D eigenvalue weighted by Gasteiger charge is 2.30. The summed E-state index contributed by atoms with van der Waals surface area (Å²) in [5, 5.41) is 18.5. The van der Waals surface area contributed by atoms with E-state index in [-0.39, 0.29) is 40.1 Å². The minimum Gasteiger partial charge on any atom is -0.508 e. The number of amides is 3. The number of rotatable bonds is 18. The zero-order chi connectivity index (χ0) is 56.0. The first-order valence-corrected chi connectivity index (χ1v) is 26.8. The van der Waals surface area contributed by atoms with E-state index in [0.29, 0.717) is 63.8 Å².